The second-order valence-corrected chi connectivity index (χ2v) is 5.41. The van der Waals surface area contributed by atoms with Gasteiger partial charge in [0, 0.05) is 25.6 Å². The molecule has 0 amide bonds. The maximum atomic E-state index is 12.3. The molecule has 0 atom stereocenters. The van der Waals surface area contributed by atoms with Crippen LogP contribution in [-0.4, -0.2) is 37.1 Å². The average molecular weight is 269 g/mol. The molecule has 4 heteroatoms. The van der Waals surface area contributed by atoms with Crippen molar-refractivity contribution in [2.45, 2.75) is 32.8 Å². The Morgan fingerprint density at radius 1 is 1.21 bits per heavy atom. The first-order valence-electron chi connectivity index (χ1n) is 6.80. The summed E-state index contributed by atoms with van der Waals surface area (Å²) < 4.78 is 30.2. The Morgan fingerprint density at radius 3 is 2.37 bits per heavy atom. The van der Waals surface area contributed by atoms with Crippen LogP contribution in [0.25, 0.3) is 0 Å². The van der Waals surface area contributed by atoms with E-state index in [1.54, 1.807) is 0 Å². The molecule has 1 heterocycles. The van der Waals surface area contributed by atoms with Gasteiger partial charge in [-0.15, -0.1) is 0 Å². The molecule has 1 aromatic rings. The number of ether oxygens (including phenoxy) is 1. The Kier molecular flexibility index (Phi) is 4.75. The molecule has 2 rings (SSSR count). The fraction of sp³-hybridized carbons (Fsp3) is 0.600. The second-order valence-electron chi connectivity index (χ2n) is 5.41. The third-order valence-corrected chi connectivity index (χ3v) is 3.35. The summed E-state index contributed by atoms with van der Waals surface area (Å²) in [5.74, 6) is 0.460. The molecule has 19 heavy (non-hydrogen) atoms. The number of halogens is 2. The van der Waals surface area contributed by atoms with Gasteiger partial charge in [-0.05, 0) is 38.0 Å². The van der Waals surface area contributed by atoms with Gasteiger partial charge in [-0.1, -0.05) is 12.1 Å². The van der Waals surface area contributed by atoms with Crippen molar-refractivity contribution in [2.75, 3.05) is 19.6 Å². The van der Waals surface area contributed by atoms with Gasteiger partial charge in [-0.2, -0.15) is 0 Å². The summed E-state index contributed by atoms with van der Waals surface area (Å²) >= 11 is 0. The minimum Gasteiger partial charge on any atom is -0.491 e. The van der Waals surface area contributed by atoms with Crippen LogP contribution >= 0.6 is 0 Å². The van der Waals surface area contributed by atoms with Crippen molar-refractivity contribution in [1.82, 2.24) is 4.90 Å². The molecule has 0 spiro atoms. The van der Waals surface area contributed by atoms with Crippen molar-refractivity contribution in [2.24, 2.45) is 5.92 Å². The Hall–Kier alpha value is -1.16. The molecule has 0 N–H and O–H groups in total. The van der Waals surface area contributed by atoms with E-state index in [9.17, 15) is 8.78 Å². The smallest absolute Gasteiger partial charge is 0.243 e. The lowest BCUT2D eigenvalue weighted by atomic mass is 10.00. The van der Waals surface area contributed by atoms with Crippen molar-refractivity contribution in [3.63, 3.8) is 0 Å². The molecule has 0 aromatic heterocycles. The Morgan fingerprint density at radius 2 is 1.84 bits per heavy atom. The number of benzene rings is 1. The molecule has 2 nitrogen and oxygen atoms in total. The van der Waals surface area contributed by atoms with Crippen LogP contribution in [0.5, 0.6) is 5.75 Å². The highest BCUT2D eigenvalue weighted by Crippen LogP contribution is 2.22. The molecule has 1 aromatic carbocycles. The van der Waals surface area contributed by atoms with Gasteiger partial charge in [0.2, 0.25) is 6.43 Å². The first-order chi connectivity index (χ1) is 9.04. The summed E-state index contributed by atoms with van der Waals surface area (Å²) in [5.41, 5.74) is 1.22. The molecule has 1 aliphatic rings. The van der Waals surface area contributed by atoms with E-state index in [0.717, 1.165) is 18.7 Å². The highest BCUT2D eigenvalue weighted by atomic mass is 19.3. The number of hydrogen-bond donors (Lipinski definition) is 0. The number of likely N-dealkylation sites (tertiary alicyclic amines) is 1. The number of rotatable bonds is 6. The number of hydrogen-bond acceptors (Lipinski definition) is 2. The molecule has 0 aliphatic carbocycles. The van der Waals surface area contributed by atoms with Crippen molar-refractivity contribution in [3.8, 4) is 5.75 Å². The Bertz CT molecular complexity index is 386. The van der Waals surface area contributed by atoms with Crippen LogP contribution in [0.4, 0.5) is 8.78 Å². The van der Waals surface area contributed by atoms with Gasteiger partial charge < -0.3 is 9.64 Å². The van der Waals surface area contributed by atoms with Crippen molar-refractivity contribution in [1.29, 1.82) is 0 Å². The Balaban J connectivity index is 1.72. The maximum absolute atomic E-state index is 12.3. The van der Waals surface area contributed by atoms with E-state index in [1.165, 1.54) is 5.56 Å². The standard InChI is InChI=1S/C15H21F2NO/c1-11(2)19-14-5-3-12(4-6-14)7-8-18-9-13(10-18)15(16)17/h3-6,11,13,15H,7-10H2,1-2H3. The molecule has 0 saturated carbocycles. The Labute approximate surface area is 113 Å². The van der Waals surface area contributed by atoms with E-state index < -0.39 is 12.3 Å². The van der Waals surface area contributed by atoms with Crippen LogP contribution in [0.3, 0.4) is 0 Å². The monoisotopic (exact) mass is 269 g/mol. The highest BCUT2D eigenvalue weighted by Gasteiger charge is 2.33. The minimum absolute atomic E-state index is 0.179. The summed E-state index contributed by atoms with van der Waals surface area (Å²) in [7, 11) is 0. The van der Waals surface area contributed by atoms with Gasteiger partial charge in [0.25, 0.3) is 0 Å². The van der Waals surface area contributed by atoms with Crippen LogP contribution < -0.4 is 4.74 Å². The lowest BCUT2D eigenvalue weighted by molar-refractivity contribution is -0.0233. The van der Waals surface area contributed by atoms with Crippen LogP contribution in [-0.2, 0) is 6.42 Å². The van der Waals surface area contributed by atoms with E-state index >= 15 is 0 Å². The zero-order valence-electron chi connectivity index (χ0n) is 11.5. The summed E-state index contributed by atoms with van der Waals surface area (Å²) in [4.78, 5) is 2.08. The van der Waals surface area contributed by atoms with Gasteiger partial charge in [0.05, 0.1) is 6.10 Å². The first kappa shape index (κ1) is 14.3. The van der Waals surface area contributed by atoms with Crippen LogP contribution in [0.15, 0.2) is 24.3 Å². The topological polar surface area (TPSA) is 12.5 Å². The SMILES string of the molecule is CC(C)Oc1ccc(CCN2CC(C(F)F)C2)cc1. The van der Waals surface area contributed by atoms with Crippen molar-refractivity contribution < 1.29 is 13.5 Å². The lowest BCUT2D eigenvalue weighted by Gasteiger charge is -2.38. The maximum Gasteiger partial charge on any atom is 0.243 e. The fourth-order valence-corrected chi connectivity index (χ4v) is 2.25. The normalized spacial score (nSPS) is 16.9. The molecule has 1 aliphatic heterocycles. The third kappa shape index (κ3) is 4.16. The van der Waals surface area contributed by atoms with Crippen molar-refractivity contribution >= 4 is 0 Å². The molecule has 106 valence electrons. The second kappa shape index (κ2) is 6.33. The summed E-state index contributed by atoms with van der Waals surface area (Å²) in [6.45, 7) is 5.92. The highest BCUT2D eigenvalue weighted by molar-refractivity contribution is 5.27. The fourth-order valence-electron chi connectivity index (χ4n) is 2.25. The quantitative estimate of drug-likeness (QED) is 0.786. The van der Waals surface area contributed by atoms with Gasteiger partial charge in [-0.25, -0.2) is 8.78 Å². The number of alkyl halides is 2. The van der Waals surface area contributed by atoms with Crippen LogP contribution in [0.2, 0.25) is 0 Å². The van der Waals surface area contributed by atoms with Crippen molar-refractivity contribution in [3.05, 3.63) is 29.8 Å². The minimum atomic E-state index is -2.16. The largest absolute Gasteiger partial charge is 0.491 e. The third-order valence-electron chi connectivity index (χ3n) is 3.35. The first-order valence-corrected chi connectivity index (χ1v) is 6.80. The van der Waals surface area contributed by atoms with Gasteiger partial charge in [0.15, 0.2) is 0 Å². The lowest BCUT2D eigenvalue weighted by Crippen LogP contribution is -2.50. The molecule has 0 unspecified atom stereocenters. The average Bonchev–Trinajstić information content (AvgIpc) is 2.28. The van der Waals surface area contributed by atoms with Crippen LogP contribution in [0.1, 0.15) is 19.4 Å². The van der Waals surface area contributed by atoms with Gasteiger partial charge in [0.1, 0.15) is 5.75 Å². The zero-order valence-corrected chi connectivity index (χ0v) is 11.5. The summed E-state index contributed by atoms with van der Waals surface area (Å²) in [6.07, 6.45) is -1.08. The predicted octanol–water partition coefficient (Wildman–Crippen LogP) is 3.21. The molecular formula is C15H21F2NO. The van der Waals surface area contributed by atoms with Crippen LogP contribution in [0, 0.1) is 5.92 Å². The molecule has 0 radical (unpaired) electrons. The van der Waals surface area contributed by atoms with E-state index in [1.807, 2.05) is 38.1 Å². The van der Waals surface area contributed by atoms with E-state index in [-0.39, 0.29) is 6.10 Å². The summed E-state index contributed by atoms with van der Waals surface area (Å²) in [5, 5.41) is 0. The van der Waals surface area contributed by atoms with Gasteiger partial charge >= 0.3 is 0 Å². The molecule has 1 fully saturated rings. The molecular weight excluding hydrogens is 248 g/mol. The van der Waals surface area contributed by atoms with E-state index in [2.05, 4.69) is 4.90 Å². The number of nitrogens with zero attached hydrogens (tertiary/aromatic N) is 1. The summed E-state index contributed by atoms with van der Waals surface area (Å²) in [6, 6.07) is 8.02. The molecule has 0 bridgehead atoms. The van der Waals surface area contributed by atoms with E-state index in [0.29, 0.717) is 13.1 Å². The molecule has 1 saturated heterocycles. The van der Waals surface area contributed by atoms with E-state index in [4.69, 9.17) is 4.74 Å². The van der Waals surface area contributed by atoms with Gasteiger partial charge in [-0.3, -0.25) is 0 Å². The predicted molar refractivity (Wildman–Crippen MR) is 71.8 cm³/mol. The zero-order chi connectivity index (χ0) is 13.8.